The second kappa shape index (κ2) is 4.00. The molecule has 0 aromatic heterocycles. The average molecular weight is 140 g/mol. The van der Waals surface area contributed by atoms with Gasteiger partial charge in [0.1, 0.15) is 0 Å². The molecule has 0 aromatic rings. The summed E-state index contributed by atoms with van der Waals surface area (Å²) in [4.78, 5) is 0. The Hall–Kier alpha value is 0. The zero-order valence-corrected chi connectivity index (χ0v) is 7.40. The highest BCUT2D eigenvalue weighted by Crippen LogP contribution is 2.33. The summed E-state index contributed by atoms with van der Waals surface area (Å²) in [5.74, 6) is 2.14. The van der Waals surface area contributed by atoms with Crippen LogP contribution in [0.3, 0.4) is 0 Å². The summed E-state index contributed by atoms with van der Waals surface area (Å²) in [6.07, 6.45) is 8.84. The van der Waals surface area contributed by atoms with Gasteiger partial charge in [-0.05, 0) is 11.8 Å². The van der Waals surface area contributed by atoms with Crippen molar-refractivity contribution < 1.29 is 0 Å². The molecule has 1 fully saturated rings. The van der Waals surface area contributed by atoms with Crippen LogP contribution in [-0.2, 0) is 0 Å². The molecule has 1 rings (SSSR count). The lowest BCUT2D eigenvalue weighted by Crippen LogP contribution is -2.17. The first-order valence-corrected chi connectivity index (χ1v) is 4.88. The third kappa shape index (κ3) is 1.74. The van der Waals surface area contributed by atoms with Crippen molar-refractivity contribution in [3.8, 4) is 0 Å². The molecule has 0 aliphatic heterocycles. The van der Waals surface area contributed by atoms with Gasteiger partial charge in [-0.1, -0.05) is 52.4 Å². The van der Waals surface area contributed by atoms with Crippen molar-refractivity contribution in [3.63, 3.8) is 0 Å². The molecule has 0 aromatic carbocycles. The van der Waals surface area contributed by atoms with E-state index in [0.29, 0.717) is 0 Å². The minimum absolute atomic E-state index is 1.07. The molecule has 60 valence electrons. The summed E-state index contributed by atoms with van der Waals surface area (Å²) in [5, 5.41) is 0. The molecule has 0 unspecified atom stereocenters. The molecule has 0 bridgehead atoms. The van der Waals surface area contributed by atoms with Crippen molar-refractivity contribution in [2.24, 2.45) is 11.8 Å². The van der Waals surface area contributed by atoms with Gasteiger partial charge in [0.05, 0.1) is 0 Å². The van der Waals surface area contributed by atoms with Gasteiger partial charge in [0.15, 0.2) is 0 Å². The topological polar surface area (TPSA) is 0 Å². The molecule has 1 aliphatic carbocycles. The Labute approximate surface area is 65.0 Å². The minimum atomic E-state index is 1.07. The van der Waals surface area contributed by atoms with Crippen LogP contribution in [0.15, 0.2) is 0 Å². The van der Waals surface area contributed by atoms with Crippen molar-refractivity contribution in [3.05, 3.63) is 0 Å². The summed E-state index contributed by atoms with van der Waals surface area (Å²) < 4.78 is 0. The molecule has 0 heterocycles. The predicted octanol–water partition coefficient (Wildman–Crippen LogP) is 3.61. The van der Waals surface area contributed by atoms with Crippen molar-refractivity contribution in [2.75, 3.05) is 0 Å². The zero-order valence-electron chi connectivity index (χ0n) is 7.40. The maximum atomic E-state index is 2.35. The Morgan fingerprint density at radius 2 is 1.30 bits per heavy atom. The molecular weight excluding hydrogens is 120 g/mol. The van der Waals surface area contributed by atoms with Crippen LogP contribution in [0.1, 0.15) is 52.4 Å². The number of hydrogen-bond donors (Lipinski definition) is 0. The summed E-state index contributed by atoms with van der Waals surface area (Å²) in [6, 6.07) is 0. The lowest BCUT2D eigenvalue weighted by molar-refractivity contribution is 0.224. The maximum Gasteiger partial charge on any atom is -0.0389 e. The largest absolute Gasteiger partial charge is 0.0651 e. The van der Waals surface area contributed by atoms with Gasteiger partial charge < -0.3 is 0 Å². The minimum Gasteiger partial charge on any atom is -0.0651 e. The van der Waals surface area contributed by atoms with Gasteiger partial charge in [-0.2, -0.15) is 0 Å². The molecule has 0 saturated heterocycles. The van der Waals surface area contributed by atoms with Crippen LogP contribution >= 0.6 is 0 Å². The molecule has 0 N–H and O–H groups in total. The molecule has 1 saturated carbocycles. The summed E-state index contributed by atoms with van der Waals surface area (Å²) in [6.45, 7) is 4.69. The van der Waals surface area contributed by atoms with E-state index >= 15 is 0 Å². The van der Waals surface area contributed by atoms with E-state index in [9.17, 15) is 0 Å². The van der Waals surface area contributed by atoms with E-state index in [1.807, 2.05) is 0 Å². The Bertz CT molecular complexity index is 74.0. The lowest BCUT2D eigenvalue weighted by Gasteiger charge is -2.29. The molecule has 0 radical (unpaired) electrons. The first-order chi connectivity index (χ1) is 4.88. The van der Waals surface area contributed by atoms with Crippen molar-refractivity contribution in [2.45, 2.75) is 52.4 Å². The quantitative estimate of drug-likeness (QED) is 0.549. The normalized spacial score (nSPS) is 34.2. The zero-order chi connectivity index (χ0) is 7.40. The number of hydrogen-bond acceptors (Lipinski definition) is 0. The molecule has 0 amide bonds. The summed E-state index contributed by atoms with van der Waals surface area (Å²) in [7, 11) is 0. The van der Waals surface area contributed by atoms with Gasteiger partial charge in [0, 0.05) is 0 Å². The lowest BCUT2D eigenvalue weighted by atomic mass is 9.77. The van der Waals surface area contributed by atoms with E-state index in [2.05, 4.69) is 13.8 Å². The Morgan fingerprint density at radius 3 is 1.60 bits per heavy atom. The van der Waals surface area contributed by atoms with Gasteiger partial charge in [-0.3, -0.25) is 0 Å². The summed E-state index contributed by atoms with van der Waals surface area (Å²) >= 11 is 0. The Morgan fingerprint density at radius 1 is 0.900 bits per heavy atom. The van der Waals surface area contributed by atoms with Crippen LogP contribution in [0.4, 0.5) is 0 Å². The van der Waals surface area contributed by atoms with Crippen LogP contribution in [-0.4, -0.2) is 0 Å². The third-order valence-electron chi connectivity index (χ3n) is 3.12. The van der Waals surface area contributed by atoms with Crippen molar-refractivity contribution >= 4 is 0 Å². The SMILES string of the molecule is CC[C@H]1CCCC[C@@H]1CC. The Kier molecular flexibility index (Phi) is 3.24. The third-order valence-corrected chi connectivity index (χ3v) is 3.12. The van der Waals surface area contributed by atoms with E-state index in [1.54, 1.807) is 0 Å². The maximum absolute atomic E-state index is 2.35. The first-order valence-electron chi connectivity index (χ1n) is 4.88. The molecular formula is C10H20. The fraction of sp³-hybridized carbons (Fsp3) is 1.00. The Balaban J connectivity index is 2.34. The molecule has 10 heavy (non-hydrogen) atoms. The summed E-state index contributed by atoms with van der Waals surface area (Å²) in [5.41, 5.74) is 0. The fourth-order valence-electron chi connectivity index (χ4n) is 2.36. The van der Waals surface area contributed by atoms with Gasteiger partial charge >= 0.3 is 0 Å². The van der Waals surface area contributed by atoms with E-state index in [0.717, 1.165) is 11.8 Å². The van der Waals surface area contributed by atoms with Gasteiger partial charge in [0.2, 0.25) is 0 Å². The van der Waals surface area contributed by atoms with Crippen molar-refractivity contribution in [1.82, 2.24) is 0 Å². The highest BCUT2D eigenvalue weighted by atomic mass is 14.3. The van der Waals surface area contributed by atoms with Gasteiger partial charge in [-0.25, -0.2) is 0 Å². The molecule has 0 spiro atoms. The standard InChI is InChI=1S/C10H20/c1-3-9-7-5-6-8-10(9)4-2/h9-10H,3-8H2,1-2H3/t9-,10-/m0/s1. The highest BCUT2D eigenvalue weighted by molar-refractivity contribution is 4.72. The predicted molar refractivity (Wildman–Crippen MR) is 46.0 cm³/mol. The van der Waals surface area contributed by atoms with Crippen LogP contribution < -0.4 is 0 Å². The molecule has 1 aliphatic rings. The van der Waals surface area contributed by atoms with E-state index in [-0.39, 0.29) is 0 Å². The van der Waals surface area contributed by atoms with Crippen molar-refractivity contribution in [1.29, 1.82) is 0 Å². The fourth-order valence-corrected chi connectivity index (χ4v) is 2.36. The number of rotatable bonds is 2. The second-order valence-corrected chi connectivity index (χ2v) is 3.62. The monoisotopic (exact) mass is 140 g/mol. The van der Waals surface area contributed by atoms with Gasteiger partial charge in [0.25, 0.3) is 0 Å². The van der Waals surface area contributed by atoms with Crippen LogP contribution in [0.5, 0.6) is 0 Å². The van der Waals surface area contributed by atoms with Gasteiger partial charge in [-0.15, -0.1) is 0 Å². The first kappa shape index (κ1) is 8.10. The second-order valence-electron chi connectivity index (χ2n) is 3.62. The molecule has 0 heteroatoms. The molecule has 2 atom stereocenters. The van der Waals surface area contributed by atoms with Crippen LogP contribution in [0, 0.1) is 11.8 Å². The molecule has 0 nitrogen and oxygen atoms in total. The van der Waals surface area contributed by atoms with Crippen LogP contribution in [0.2, 0.25) is 0 Å². The van der Waals surface area contributed by atoms with E-state index in [1.165, 1.54) is 38.5 Å². The average Bonchev–Trinajstić information content (AvgIpc) is 2.04. The highest BCUT2D eigenvalue weighted by Gasteiger charge is 2.21. The van der Waals surface area contributed by atoms with Crippen LogP contribution in [0.25, 0.3) is 0 Å². The van der Waals surface area contributed by atoms with E-state index < -0.39 is 0 Å². The smallest absolute Gasteiger partial charge is 0.0389 e. The van der Waals surface area contributed by atoms with E-state index in [4.69, 9.17) is 0 Å².